The Hall–Kier alpha value is -4.50. The molecule has 0 saturated carbocycles. The zero-order chi connectivity index (χ0) is 29.3. The number of hydrogen-bond acceptors (Lipinski definition) is 8. The van der Waals surface area contributed by atoms with Crippen molar-refractivity contribution < 1.29 is 34.1 Å². The summed E-state index contributed by atoms with van der Waals surface area (Å²) in [6.07, 6.45) is -0.951. The van der Waals surface area contributed by atoms with Crippen molar-refractivity contribution in [3.8, 4) is 23.2 Å². The molecule has 1 atom stereocenters. The molecule has 212 valence electrons. The number of amides is 3. The Kier molecular flexibility index (Phi) is 10.2. The van der Waals surface area contributed by atoms with Crippen LogP contribution in [-0.2, 0) is 14.3 Å². The first-order chi connectivity index (χ1) is 19.0. The van der Waals surface area contributed by atoms with Gasteiger partial charge >= 0.3 is 12.1 Å². The lowest BCUT2D eigenvalue weighted by Crippen LogP contribution is -2.56. The molecule has 1 aromatic carbocycles. The van der Waals surface area contributed by atoms with Crippen LogP contribution >= 0.6 is 0 Å². The molecule has 1 aliphatic heterocycles. The van der Waals surface area contributed by atoms with Crippen molar-refractivity contribution in [2.75, 3.05) is 32.8 Å². The molecule has 2 heterocycles. The molecular formula is C28H33N5O7. The molecular weight excluding hydrogens is 518 g/mol. The van der Waals surface area contributed by atoms with Crippen LogP contribution in [0.15, 0.2) is 36.4 Å². The Bertz CT molecular complexity index is 1290. The Labute approximate surface area is 232 Å². The summed E-state index contributed by atoms with van der Waals surface area (Å²) < 4.78 is 5.00. The lowest BCUT2D eigenvalue weighted by atomic mass is 10.1. The molecule has 1 aromatic heterocycles. The number of carboxylic acids is 1. The van der Waals surface area contributed by atoms with Crippen LogP contribution in [0.2, 0.25) is 0 Å². The third-order valence-electron chi connectivity index (χ3n) is 5.85. The minimum Gasteiger partial charge on any atom is -0.481 e. The topological polar surface area (TPSA) is 162 Å². The van der Waals surface area contributed by atoms with Gasteiger partial charge in [-0.2, -0.15) is 0 Å². The Balaban J connectivity index is 1.85. The highest BCUT2D eigenvalue weighted by Crippen LogP contribution is 2.16. The van der Waals surface area contributed by atoms with Gasteiger partial charge in [0.15, 0.2) is 5.82 Å². The summed E-state index contributed by atoms with van der Waals surface area (Å²) in [5.41, 5.74) is -0.563. The smallest absolute Gasteiger partial charge is 0.409 e. The van der Waals surface area contributed by atoms with Gasteiger partial charge in [-0.05, 0) is 33.1 Å². The van der Waals surface area contributed by atoms with E-state index in [1.807, 2.05) is 6.07 Å². The van der Waals surface area contributed by atoms with Crippen molar-refractivity contribution in [3.63, 3.8) is 0 Å². The predicted molar refractivity (Wildman–Crippen MR) is 144 cm³/mol. The van der Waals surface area contributed by atoms with Gasteiger partial charge in [-0.1, -0.05) is 36.3 Å². The molecule has 0 spiro atoms. The molecule has 1 saturated heterocycles. The fourth-order valence-corrected chi connectivity index (χ4v) is 3.86. The second-order valence-corrected chi connectivity index (χ2v) is 9.61. The van der Waals surface area contributed by atoms with Crippen LogP contribution in [0.25, 0.3) is 11.4 Å². The zero-order valence-corrected chi connectivity index (χ0v) is 22.7. The van der Waals surface area contributed by atoms with Crippen LogP contribution in [0.1, 0.15) is 49.8 Å². The van der Waals surface area contributed by atoms with Gasteiger partial charge in [0.2, 0.25) is 5.91 Å². The lowest BCUT2D eigenvalue weighted by molar-refractivity contribution is -0.138. The standard InChI is InChI=1S/C28H33N5O7/c1-4-40-27(38)33-16-14-32(15-17-33)26(37)21(10-11-23(34)35)31-25(36)22-18-20(12-13-28(2,3)39)29-24(30-22)19-8-6-5-7-9-19/h5-9,18,21,39H,4,10-11,14-17H2,1-3H3,(H,31,36)(H,34,35)/t21-/m0/s1. The van der Waals surface area contributed by atoms with E-state index in [9.17, 15) is 29.4 Å². The number of nitrogens with one attached hydrogen (secondary N) is 1. The van der Waals surface area contributed by atoms with Gasteiger partial charge in [-0.3, -0.25) is 14.4 Å². The Morgan fingerprint density at radius 1 is 1.07 bits per heavy atom. The number of aliphatic carboxylic acids is 1. The van der Waals surface area contributed by atoms with E-state index in [2.05, 4.69) is 27.1 Å². The van der Waals surface area contributed by atoms with E-state index in [1.165, 1.54) is 29.7 Å². The van der Waals surface area contributed by atoms with E-state index in [0.717, 1.165) is 0 Å². The van der Waals surface area contributed by atoms with E-state index in [0.29, 0.717) is 5.56 Å². The van der Waals surface area contributed by atoms with Crippen molar-refractivity contribution in [1.82, 2.24) is 25.1 Å². The third-order valence-corrected chi connectivity index (χ3v) is 5.85. The zero-order valence-electron chi connectivity index (χ0n) is 22.7. The first-order valence-corrected chi connectivity index (χ1v) is 12.9. The quantitative estimate of drug-likeness (QED) is 0.413. The van der Waals surface area contributed by atoms with Crippen LogP contribution in [0.3, 0.4) is 0 Å². The summed E-state index contributed by atoms with van der Waals surface area (Å²) >= 11 is 0. The highest BCUT2D eigenvalue weighted by atomic mass is 16.6. The number of nitrogens with zero attached hydrogens (tertiary/aromatic N) is 4. The highest BCUT2D eigenvalue weighted by molar-refractivity contribution is 5.96. The monoisotopic (exact) mass is 551 g/mol. The number of carboxylic acid groups (broad SMARTS) is 1. The molecule has 1 fully saturated rings. The number of benzene rings is 1. The number of carbonyl (C=O) groups is 4. The Morgan fingerprint density at radius 3 is 2.33 bits per heavy atom. The van der Waals surface area contributed by atoms with Gasteiger partial charge in [-0.15, -0.1) is 0 Å². The fraction of sp³-hybridized carbons (Fsp3) is 0.429. The number of aliphatic hydroxyl groups is 1. The predicted octanol–water partition coefficient (Wildman–Crippen LogP) is 1.53. The summed E-state index contributed by atoms with van der Waals surface area (Å²) in [6, 6.07) is 9.13. The number of rotatable bonds is 8. The maximum absolute atomic E-state index is 13.4. The summed E-state index contributed by atoms with van der Waals surface area (Å²) in [5, 5.41) is 21.9. The minimum absolute atomic E-state index is 0.0749. The SMILES string of the molecule is CCOC(=O)N1CCN(C(=O)[C@H](CCC(=O)O)NC(=O)c2cc(C#CC(C)(C)O)nc(-c3ccccc3)n2)CC1. The number of hydrogen-bond donors (Lipinski definition) is 3. The molecule has 12 heteroatoms. The normalized spacial score (nSPS) is 14.0. The summed E-state index contributed by atoms with van der Waals surface area (Å²) in [6.45, 7) is 5.88. The van der Waals surface area contributed by atoms with Crippen molar-refractivity contribution >= 4 is 23.9 Å². The number of carbonyl (C=O) groups excluding carboxylic acids is 3. The second-order valence-electron chi connectivity index (χ2n) is 9.61. The summed E-state index contributed by atoms with van der Waals surface area (Å²) in [5.74, 6) is 3.35. The molecule has 40 heavy (non-hydrogen) atoms. The van der Waals surface area contributed by atoms with Crippen LogP contribution in [0.5, 0.6) is 0 Å². The molecule has 0 aliphatic carbocycles. The van der Waals surface area contributed by atoms with Crippen LogP contribution in [0, 0.1) is 11.8 Å². The molecule has 1 aliphatic rings. The van der Waals surface area contributed by atoms with E-state index in [4.69, 9.17) is 4.74 Å². The van der Waals surface area contributed by atoms with Crippen LogP contribution in [-0.4, -0.2) is 98.3 Å². The number of aromatic nitrogens is 2. The fourth-order valence-electron chi connectivity index (χ4n) is 3.86. The molecule has 3 amide bonds. The lowest BCUT2D eigenvalue weighted by Gasteiger charge is -2.35. The summed E-state index contributed by atoms with van der Waals surface area (Å²) in [7, 11) is 0. The van der Waals surface area contributed by atoms with Crippen molar-refractivity contribution in [3.05, 3.63) is 47.8 Å². The molecule has 12 nitrogen and oxygen atoms in total. The van der Waals surface area contributed by atoms with Gasteiger partial charge < -0.3 is 30.1 Å². The highest BCUT2D eigenvalue weighted by Gasteiger charge is 2.31. The average Bonchev–Trinajstić information content (AvgIpc) is 2.93. The van der Waals surface area contributed by atoms with Gasteiger partial charge in [-0.25, -0.2) is 14.8 Å². The maximum Gasteiger partial charge on any atom is 0.409 e. The van der Waals surface area contributed by atoms with Crippen molar-refractivity contribution in [1.29, 1.82) is 0 Å². The first kappa shape index (κ1) is 30.0. The molecule has 0 bridgehead atoms. The van der Waals surface area contributed by atoms with E-state index in [-0.39, 0.29) is 62.8 Å². The second kappa shape index (κ2) is 13.5. The average molecular weight is 552 g/mol. The number of ether oxygens (including phenoxy) is 1. The van der Waals surface area contributed by atoms with E-state index < -0.39 is 35.5 Å². The molecule has 0 unspecified atom stereocenters. The van der Waals surface area contributed by atoms with E-state index in [1.54, 1.807) is 31.2 Å². The van der Waals surface area contributed by atoms with Gasteiger partial charge in [0, 0.05) is 44.2 Å². The largest absolute Gasteiger partial charge is 0.481 e. The van der Waals surface area contributed by atoms with Gasteiger partial charge in [0.25, 0.3) is 5.91 Å². The molecule has 3 rings (SSSR count). The molecule has 2 aromatic rings. The Morgan fingerprint density at radius 2 is 1.73 bits per heavy atom. The minimum atomic E-state index is -1.30. The van der Waals surface area contributed by atoms with Crippen molar-refractivity contribution in [2.45, 2.75) is 45.3 Å². The summed E-state index contributed by atoms with van der Waals surface area (Å²) in [4.78, 5) is 61.7. The number of piperazine rings is 1. The third kappa shape index (κ3) is 8.78. The van der Waals surface area contributed by atoms with Crippen LogP contribution in [0.4, 0.5) is 4.79 Å². The van der Waals surface area contributed by atoms with Gasteiger partial charge in [0.05, 0.1) is 6.61 Å². The maximum atomic E-state index is 13.4. The molecule has 0 radical (unpaired) electrons. The van der Waals surface area contributed by atoms with Gasteiger partial charge in [0.1, 0.15) is 23.0 Å². The first-order valence-electron chi connectivity index (χ1n) is 12.9. The van der Waals surface area contributed by atoms with E-state index >= 15 is 0 Å². The van der Waals surface area contributed by atoms with Crippen LogP contribution < -0.4 is 5.32 Å². The molecule has 3 N–H and O–H groups in total. The van der Waals surface area contributed by atoms with Crippen molar-refractivity contribution in [2.24, 2.45) is 0 Å².